The first-order valence-corrected chi connectivity index (χ1v) is 14.3. The lowest BCUT2D eigenvalue weighted by Gasteiger charge is -2.31. The van der Waals surface area contributed by atoms with Crippen molar-refractivity contribution < 1.29 is 22.3 Å². The Morgan fingerprint density at radius 1 is 1.05 bits per heavy atom. The van der Waals surface area contributed by atoms with Crippen molar-refractivity contribution in [2.75, 3.05) is 42.8 Å². The van der Waals surface area contributed by atoms with Gasteiger partial charge in [0.1, 0.15) is 23.8 Å². The fourth-order valence-electron chi connectivity index (χ4n) is 4.88. The van der Waals surface area contributed by atoms with Gasteiger partial charge in [0.2, 0.25) is 5.88 Å². The number of pyridine rings is 2. The van der Waals surface area contributed by atoms with Crippen molar-refractivity contribution in [1.29, 1.82) is 0 Å². The third-order valence-corrected chi connectivity index (χ3v) is 7.99. The van der Waals surface area contributed by atoms with E-state index < -0.39 is 9.84 Å². The number of anilines is 2. The Hall–Kier alpha value is -3.51. The van der Waals surface area contributed by atoms with Crippen LogP contribution in [0, 0.1) is 0 Å². The zero-order valence-electron chi connectivity index (χ0n) is 20.5. The van der Waals surface area contributed by atoms with E-state index in [0.717, 1.165) is 50.1 Å². The van der Waals surface area contributed by atoms with Gasteiger partial charge in [-0.1, -0.05) is 0 Å². The Labute approximate surface area is 214 Å². The topological polar surface area (TPSA) is 133 Å². The van der Waals surface area contributed by atoms with Gasteiger partial charge in [-0.25, -0.2) is 18.4 Å². The number of furan rings is 1. The van der Waals surface area contributed by atoms with Crippen molar-refractivity contribution in [3.05, 3.63) is 37.0 Å². The van der Waals surface area contributed by atoms with Crippen molar-refractivity contribution in [2.24, 2.45) is 0 Å². The van der Waals surface area contributed by atoms with E-state index in [0.29, 0.717) is 41.4 Å². The van der Waals surface area contributed by atoms with E-state index in [9.17, 15) is 8.42 Å². The van der Waals surface area contributed by atoms with Gasteiger partial charge in [-0.3, -0.25) is 4.98 Å². The molecule has 1 saturated heterocycles. The molecule has 12 heteroatoms. The molecule has 1 saturated carbocycles. The van der Waals surface area contributed by atoms with Gasteiger partial charge in [0.25, 0.3) is 0 Å². The minimum atomic E-state index is -3.42. The SMILES string of the molecule is CS(=O)(=O)c1cnc2cc(N3CCOCC3)nc(O[C@H]3CC[C@@H](Nc4ncnc5ccoc45)CC3)c2c1. The van der Waals surface area contributed by atoms with Gasteiger partial charge in [0.05, 0.1) is 35.3 Å². The van der Waals surface area contributed by atoms with Crippen LogP contribution in [0.25, 0.3) is 22.0 Å². The molecule has 0 aromatic carbocycles. The summed E-state index contributed by atoms with van der Waals surface area (Å²) in [5.74, 6) is 1.87. The van der Waals surface area contributed by atoms with E-state index >= 15 is 0 Å². The van der Waals surface area contributed by atoms with E-state index in [1.165, 1.54) is 18.8 Å². The fourth-order valence-corrected chi connectivity index (χ4v) is 5.45. The summed E-state index contributed by atoms with van der Waals surface area (Å²) in [5.41, 5.74) is 2.08. The van der Waals surface area contributed by atoms with E-state index in [1.807, 2.05) is 12.1 Å². The van der Waals surface area contributed by atoms with Gasteiger partial charge >= 0.3 is 0 Å². The summed E-state index contributed by atoms with van der Waals surface area (Å²) in [4.78, 5) is 20.1. The predicted octanol–water partition coefficient (Wildman–Crippen LogP) is 3.21. The van der Waals surface area contributed by atoms with Crippen LogP contribution < -0.4 is 15.0 Å². The Morgan fingerprint density at radius 3 is 2.65 bits per heavy atom. The highest BCUT2D eigenvalue weighted by atomic mass is 32.2. The van der Waals surface area contributed by atoms with Gasteiger partial charge < -0.3 is 24.1 Å². The maximum absolute atomic E-state index is 12.2. The second-order valence-electron chi connectivity index (χ2n) is 9.49. The maximum Gasteiger partial charge on any atom is 0.225 e. The first-order valence-electron chi connectivity index (χ1n) is 12.4. The summed E-state index contributed by atoms with van der Waals surface area (Å²) >= 11 is 0. The van der Waals surface area contributed by atoms with Gasteiger partial charge in [-0.15, -0.1) is 0 Å². The van der Waals surface area contributed by atoms with Crippen LogP contribution in [0.1, 0.15) is 25.7 Å². The van der Waals surface area contributed by atoms with E-state index in [1.54, 1.807) is 12.3 Å². The lowest BCUT2D eigenvalue weighted by Crippen LogP contribution is -2.37. The minimum absolute atomic E-state index is 0.0513. The van der Waals surface area contributed by atoms with Crippen LogP contribution in [-0.4, -0.2) is 73.1 Å². The minimum Gasteiger partial charge on any atom is -0.474 e. The molecule has 0 radical (unpaired) electrons. The fraction of sp³-hybridized carbons (Fsp3) is 0.440. The zero-order chi connectivity index (χ0) is 25.4. The molecule has 2 aliphatic rings. The molecule has 0 amide bonds. The number of fused-ring (bicyclic) bond motifs is 2. The summed E-state index contributed by atoms with van der Waals surface area (Å²) in [6.07, 6.45) is 9.05. The van der Waals surface area contributed by atoms with Gasteiger partial charge in [0, 0.05) is 43.7 Å². The summed E-state index contributed by atoms with van der Waals surface area (Å²) in [5, 5.41) is 4.09. The number of hydrogen-bond donors (Lipinski definition) is 1. The monoisotopic (exact) mass is 524 g/mol. The van der Waals surface area contributed by atoms with Crippen LogP contribution in [0.5, 0.6) is 5.88 Å². The number of ether oxygens (including phenoxy) is 2. The average molecular weight is 525 g/mol. The molecule has 6 rings (SSSR count). The average Bonchev–Trinajstić information content (AvgIpc) is 3.39. The molecule has 1 aliphatic carbocycles. The molecule has 0 bridgehead atoms. The summed E-state index contributed by atoms with van der Waals surface area (Å²) in [6.45, 7) is 2.71. The van der Waals surface area contributed by atoms with Gasteiger partial charge in [-0.2, -0.15) is 4.98 Å². The lowest BCUT2D eigenvalue weighted by atomic mass is 9.93. The van der Waals surface area contributed by atoms with E-state index in [-0.39, 0.29) is 17.0 Å². The molecule has 11 nitrogen and oxygen atoms in total. The molecule has 4 aromatic rings. The molecule has 0 spiro atoms. The third-order valence-electron chi connectivity index (χ3n) is 6.91. The Bertz CT molecular complexity index is 1530. The summed E-state index contributed by atoms with van der Waals surface area (Å²) < 4.78 is 41.9. The standard InChI is InChI=1S/C25H28N6O5S/c1-37(32,33)18-12-19-21(26-14-18)13-22(31-7-10-34-11-8-31)30-25(19)36-17-4-2-16(3-5-17)29-24-23-20(6-9-35-23)27-15-28-24/h6,9,12-17H,2-5,7-8,10-11H2,1H3,(H,27,28,29)/t16-,17+. The second kappa shape index (κ2) is 9.75. The largest absolute Gasteiger partial charge is 0.474 e. The zero-order valence-corrected chi connectivity index (χ0v) is 21.3. The van der Waals surface area contributed by atoms with Crippen LogP contribution in [0.2, 0.25) is 0 Å². The van der Waals surface area contributed by atoms with E-state index in [2.05, 4.69) is 25.2 Å². The number of aromatic nitrogens is 4. The quantitative estimate of drug-likeness (QED) is 0.399. The van der Waals surface area contributed by atoms with Crippen molar-refractivity contribution >= 4 is 43.5 Å². The molecule has 194 valence electrons. The predicted molar refractivity (Wildman–Crippen MR) is 138 cm³/mol. The first kappa shape index (κ1) is 23.9. The highest BCUT2D eigenvalue weighted by molar-refractivity contribution is 7.90. The molecule has 0 atom stereocenters. The number of sulfone groups is 1. The Morgan fingerprint density at radius 2 is 1.86 bits per heavy atom. The van der Waals surface area contributed by atoms with Crippen LogP contribution in [0.3, 0.4) is 0 Å². The van der Waals surface area contributed by atoms with Crippen molar-refractivity contribution in [3.63, 3.8) is 0 Å². The Kier molecular flexibility index (Phi) is 6.29. The molecular weight excluding hydrogens is 496 g/mol. The third kappa shape index (κ3) is 5.03. The smallest absolute Gasteiger partial charge is 0.225 e. The molecule has 5 heterocycles. The van der Waals surface area contributed by atoms with Gasteiger partial charge in [-0.05, 0) is 31.7 Å². The van der Waals surface area contributed by atoms with Crippen molar-refractivity contribution in [2.45, 2.75) is 42.7 Å². The molecule has 1 aliphatic heterocycles. The van der Waals surface area contributed by atoms with Crippen LogP contribution in [-0.2, 0) is 14.6 Å². The number of rotatable bonds is 6. The molecular formula is C25H28N6O5S. The number of hydrogen-bond acceptors (Lipinski definition) is 11. The highest BCUT2D eigenvalue weighted by Crippen LogP contribution is 2.33. The van der Waals surface area contributed by atoms with Crippen molar-refractivity contribution in [3.8, 4) is 5.88 Å². The molecule has 4 aromatic heterocycles. The number of morpholine rings is 1. The molecule has 2 fully saturated rings. The summed E-state index contributed by atoms with van der Waals surface area (Å²) in [6, 6.07) is 5.54. The van der Waals surface area contributed by atoms with Crippen LogP contribution >= 0.6 is 0 Å². The number of nitrogens with zero attached hydrogens (tertiary/aromatic N) is 5. The summed E-state index contributed by atoms with van der Waals surface area (Å²) in [7, 11) is -3.42. The van der Waals surface area contributed by atoms with E-state index in [4.69, 9.17) is 18.9 Å². The lowest BCUT2D eigenvalue weighted by molar-refractivity contribution is 0.122. The normalized spacial score (nSPS) is 20.8. The first-order chi connectivity index (χ1) is 17.9. The highest BCUT2D eigenvalue weighted by Gasteiger charge is 2.26. The van der Waals surface area contributed by atoms with Crippen molar-refractivity contribution in [1.82, 2.24) is 19.9 Å². The van der Waals surface area contributed by atoms with Gasteiger partial charge in [0.15, 0.2) is 21.2 Å². The molecule has 37 heavy (non-hydrogen) atoms. The van der Waals surface area contributed by atoms with Crippen LogP contribution in [0.15, 0.2) is 46.3 Å². The Balaban J connectivity index is 1.22. The van der Waals surface area contributed by atoms with Crippen LogP contribution in [0.4, 0.5) is 11.6 Å². The molecule has 1 N–H and O–H groups in total. The molecule has 0 unspecified atom stereocenters. The maximum atomic E-state index is 12.2. The second-order valence-corrected chi connectivity index (χ2v) is 11.5. The number of nitrogens with one attached hydrogen (secondary N) is 1.